The molecule has 0 aliphatic carbocycles. The molecule has 0 bridgehead atoms. The molecule has 1 aromatic rings. The zero-order valence-electron chi connectivity index (χ0n) is 12.9. The van der Waals surface area contributed by atoms with Gasteiger partial charge >= 0.3 is 0 Å². The fourth-order valence-corrected chi connectivity index (χ4v) is 4.62. The van der Waals surface area contributed by atoms with Crippen molar-refractivity contribution in [1.29, 1.82) is 0 Å². The van der Waals surface area contributed by atoms with Gasteiger partial charge in [0.25, 0.3) is 5.91 Å². The van der Waals surface area contributed by atoms with Gasteiger partial charge in [-0.3, -0.25) is 4.79 Å². The molecule has 7 heteroatoms. The third kappa shape index (κ3) is 3.64. The second-order valence-corrected chi connectivity index (χ2v) is 7.05. The molecule has 0 radical (unpaired) electrons. The fraction of sp³-hybridized carbons (Fsp3) is 0.643. The van der Waals surface area contributed by atoms with E-state index in [0.29, 0.717) is 16.5 Å². The average Bonchev–Trinajstić information content (AvgIpc) is 3.08. The Morgan fingerprint density at radius 1 is 1.57 bits per heavy atom. The number of anilines is 2. The Balaban J connectivity index is 2.04. The van der Waals surface area contributed by atoms with Crippen LogP contribution in [0, 0.1) is 5.92 Å². The van der Waals surface area contributed by atoms with Gasteiger partial charge in [0.2, 0.25) is 0 Å². The number of thioether (sulfide) groups is 1. The lowest BCUT2D eigenvalue weighted by Gasteiger charge is -2.14. The summed E-state index contributed by atoms with van der Waals surface area (Å²) < 4.78 is 0. The highest BCUT2D eigenvalue weighted by Crippen LogP contribution is 2.41. The van der Waals surface area contributed by atoms with Crippen molar-refractivity contribution in [2.75, 3.05) is 50.5 Å². The van der Waals surface area contributed by atoms with Gasteiger partial charge in [0.15, 0.2) is 0 Å². The molecular formula is C14H24N4OS2. The zero-order valence-corrected chi connectivity index (χ0v) is 14.5. The number of nitrogens with zero attached hydrogens (tertiary/aromatic N) is 1. The van der Waals surface area contributed by atoms with Crippen LogP contribution in [0.4, 0.5) is 10.7 Å². The molecule has 1 atom stereocenters. The molecule has 118 valence electrons. The van der Waals surface area contributed by atoms with Crippen LogP contribution in [0.25, 0.3) is 0 Å². The lowest BCUT2D eigenvalue weighted by atomic mass is 10.1. The van der Waals surface area contributed by atoms with E-state index in [1.165, 1.54) is 24.3 Å². The molecule has 5 nitrogen and oxygen atoms in total. The van der Waals surface area contributed by atoms with Gasteiger partial charge in [0, 0.05) is 20.1 Å². The number of hydrogen-bond acceptors (Lipinski definition) is 6. The molecule has 1 amide bonds. The first-order valence-corrected chi connectivity index (χ1v) is 9.29. The number of carbonyl (C=O) groups is 1. The molecule has 21 heavy (non-hydrogen) atoms. The van der Waals surface area contributed by atoms with Crippen molar-refractivity contribution in [3.8, 4) is 0 Å². The monoisotopic (exact) mass is 328 g/mol. The predicted octanol–water partition coefficient (Wildman–Crippen LogP) is 2.17. The predicted molar refractivity (Wildman–Crippen MR) is 92.6 cm³/mol. The van der Waals surface area contributed by atoms with E-state index >= 15 is 0 Å². The molecule has 4 N–H and O–H groups in total. The normalized spacial score (nSPS) is 18.9. The SMILES string of the molecule is CCN1CCC(CNc2sc(C(=O)NC)c(N)c2SC)C1. The third-order valence-corrected chi connectivity index (χ3v) is 6.03. The summed E-state index contributed by atoms with van der Waals surface area (Å²) in [7, 11) is 1.63. The molecule has 1 aliphatic heterocycles. The van der Waals surface area contributed by atoms with Crippen molar-refractivity contribution < 1.29 is 4.79 Å². The van der Waals surface area contributed by atoms with Crippen LogP contribution in [0.3, 0.4) is 0 Å². The maximum absolute atomic E-state index is 11.8. The summed E-state index contributed by atoms with van der Waals surface area (Å²) >= 11 is 3.04. The fourth-order valence-electron chi connectivity index (χ4n) is 2.63. The summed E-state index contributed by atoms with van der Waals surface area (Å²) in [5.74, 6) is 0.560. The summed E-state index contributed by atoms with van der Waals surface area (Å²) in [6.45, 7) is 6.61. The lowest BCUT2D eigenvalue weighted by molar-refractivity contribution is 0.0968. The summed E-state index contributed by atoms with van der Waals surface area (Å²) in [5, 5.41) is 7.17. The minimum absolute atomic E-state index is 0.112. The van der Waals surface area contributed by atoms with Crippen molar-refractivity contribution >= 4 is 39.7 Å². The molecule has 1 saturated heterocycles. The van der Waals surface area contributed by atoms with Crippen LogP contribution in [-0.4, -0.2) is 50.3 Å². The average molecular weight is 329 g/mol. The van der Waals surface area contributed by atoms with Crippen LogP contribution in [-0.2, 0) is 0 Å². The largest absolute Gasteiger partial charge is 0.396 e. The molecule has 0 spiro atoms. The van der Waals surface area contributed by atoms with Crippen molar-refractivity contribution in [2.24, 2.45) is 5.92 Å². The molecule has 2 rings (SSSR count). The van der Waals surface area contributed by atoms with Gasteiger partial charge in [0.05, 0.1) is 10.6 Å². The van der Waals surface area contributed by atoms with E-state index in [-0.39, 0.29) is 5.91 Å². The van der Waals surface area contributed by atoms with Crippen LogP contribution in [0.5, 0.6) is 0 Å². The van der Waals surface area contributed by atoms with E-state index < -0.39 is 0 Å². The van der Waals surface area contributed by atoms with Gasteiger partial charge in [-0.1, -0.05) is 6.92 Å². The first-order chi connectivity index (χ1) is 10.1. The van der Waals surface area contributed by atoms with E-state index in [9.17, 15) is 4.79 Å². The van der Waals surface area contributed by atoms with Gasteiger partial charge in [-0.15, -0.1) is 23.1 Å². The van der Waals surface area contributed by atoms with Crippen molar-refractivity contribution in [1.82, 2.24) is 10.2 Å². The first-order valence-electron chi connectivity index (χ1n) is 7.25. The standard InChI is InChI=1S/C14H24N4OS2/c1-4-18-6-5-9(8-18)7-17-14-12(20-3)10(15)11(21-14)13(19)16-2/h9,17H,4-8,15H2,1-3H3,(H,16,19). The number of amides is 1. The number of nitrogen functional groups attached to an aromatic ring is 1. The maximum atomic E-state index is 11.8. The Labute approximate surface area is 134 Å². The Hall–Kier alpha value is -0.920. The summed E-state index contributed by atoms with van der Waals surface area (Å²) in [6, 6.07) is 0. The highest BCUT2D eigenvalue weighted by molar-refractivity contribution is 7.99. The summed E-state index contributed by atoms with van der Waals surface area (Å²) in [5.41, 5.74) is 6.69. The number of nitrogens with two attached hydrogens (primary N) is 1. The molecular weight excluding hydrogens is 304 g/mol. The van der Waals surface area contributed by atoms with E-state index in [1.54, 1.807) is 18.8 Å². The molecule has 1 unspecified atom stereocenters. The van der Waals surface area contributed by atoms with Crippen LogP contribution < -0.4 is 16.4 Å². The number of nitrogens with one attached hydrogen (secondary N) is 2. The van der Waals surface area contributed by atoms with Crippen molar-refractivity contribution in [3.63, 3.8) is 0 Å². The van der Waals surface area contributed by atoms with Crippen LogP contribution in [0.2, 0.25) is 0 Å². The Kier molecular flexibility index (Phi) is 5.78. The second kappa shape index (κ2) is 7.38. The number of thiophene rings is 1. The molecule has 1 aliphatic rings. The van der Waals surface area contributed by atoms with E-state index in [1.807, 2.05) is 6.26 Å². The minimum atomic E-state index is -0.112. The van der Waals surface area contributed by atoms with Crippen LogP contribution >= 0.6 is 23.1 Å². The maximum Gasteiger partial charge on any atom is 0.263 e. The van der Waals surface area contributed by atoms with Gasteiger partial charge < -0.3 is 21.3 Å². The Bertz CT molecular complexity index is 503. The van der Waals surface area contributed by atoms with E-state index in [2.05, 4.69) is 22.5 Å². The van der Waals surface area contributed by atoms with Crippen LogP contribution in [0.1, 0.15) is 23.0 Å². The Morgan fingerprint density at radius 3 is 2.90 bits per heavy atom. The number of likely N-dealkylation sites (tertiary alicyclic amines) is 1. The second-order valence-electron chi connectivity index (χ2n) is 5.22. The van der Waals surface area contributed by atoms with E-state index in [4.69, 9.17) is 5.73 Å². The quantitative estimate of drug-likeness (QED) is 0.698. The summed E-state index contributed by atoms with van der Waals surface area (Å²) in [6.07, 6.45) is 3.23. The van der Waals surface area contributed by atoms with Crippen molar-refractivity contribution in [2.45, 2.75) is 18.2 Å². The minimum Gasteiger partial charge on any atom is -0.396 e. The molecule has 2 heterocycles. The molecule has 0 saturated carbocycles. The highest BCUT2D eigenvalue weighted by atomic mass is 32.2. The van der Waals surface area contributed by atoms with Gasteiger partial charge in [-0.05, 0) is 31.7 Å². The Morgan fingerprint density at radius 2 is 2.33 bits per heavy atom. The highest BCUT2D eigenvalue weighted by Gasteiger charge is 2.23. The molecule has 0 aromatic carbocycles. The van der Waals surface area contributed by atoms with Crippen LogP contribution in [0.15, 0.2) is 4.90 Å². The topological polar surface area (TPSA) is 70.4 Å². The summed E-state index contributed by atoms with van der Waals surface area (Å²) in [4.78, 5) is 15.9. The first kappa shape index (κ1) is 16.5. The molecule has 1 aromatic heterocycles. The smallest absolute Gasteiger partial charge is 0.263 e. The lowest BCUT2D eigenvalue weighted by Crippen LogP contribution is -2.22. The third-order valence-electron chi connectivity index (χ3n) is 3.91. The number of carbonyl (C=O) groups excluding carboxylic acids is 1. The van der Waals surface area contributed by atoms with E-state index in [0.717, 1.165) is 29.5 Å². The zero-order chi connectivity index (χ0) is 15.4. The van der Waals surface area contributed by atoms with Crippen molar-refractivity contribution in [3.05, 3.63) is 4.88 Å². The van der Waals surface area contributed by atoms with Gasteiger partial charge in [0.1, 0.15) is 9.88 Å². The van der Waals surface area contributed by atoms with Gasteiger partial charge in [-0.2, -0.15) is 0 Å². The number of hydrogen-bond donors (Lipinski definition) is 3. The van der Waals surface area contributed by atoms with Gasteiger partial charge in [-0.25, -0.2) is 0 Å². The number of rotatable bonds is 6. The molecule has 1 fully saturated rings.